The number of unbranched alkanes of at least 4 members (excludes halogenated alkanes) is 6. The summed E-state index contributed by atoms with van der Waals surface area (Å²) in [6.45, 7) is 0.746. The van der Waals surface area contributed by atoms with Gasteiger partial charge in [-0.2, -0.15) is 0 Å². The fourth-order valence-electron chi connectivity index (χ4n) is 1.34. The second-order valence-corrected chi connectivity index (χ2v) is 5.33. The number of carboxylic acids is 1. The summed E-state index contributed by atoms with van der Waals surface area (Å²) >= 11 is 0. The average Bonchev–Trinajstić information content (AvgIpc) is 2.63. The van der Waals surface area contributed by atoms with Gasteiger partial charge < -0.3 is 35.7 Å². The standard InChI is InChI=1S/C11H20O2.2C3H8O3/c1-2-3-4-5-6-7-8-9-10-11(12)13;2*4-1-3(6)2-5/h9-10H,2-8H2,1H3,(H,12,13);2*3-6H,1-2H2. The molecule has 0 amide bonds. The highest BCUT2D eigenvalue weighted by atomic mass is 16.4. The molecule has 0 fully saturated rings. The first-order chi connectivity index (χ1) is 11.9. The maximum absolute atomic E-state index is 10.1. The summed E-state index contributed by atoms with van der Waals surface area (Å²) in [5.41, 5.74) is 0. The molecular formula is C17H36O8. The second-order valence-electron chi connectivity index (χ2n) is 5.33. The van der Waals surface area contributed by atoms with Gasteiger partial charge in [0.15, 0.2) is 0 Å². The number of hydrogen-bond donors (Lipinski definition) is 7. The fraction of sp³-hybridized carbons (Fsp3) is 0.824. The van der Waals surface area contributed by atoms with Gasteiger partial charge in [-0.15, -0.1) is 0 Å². The molecule has 0 heterocycles. The van der Waals surface area contributed by atoms with Crippen LogP contribution in [0, 0.1) is 0 Å². The zero-order chi connectivity index (χ0) is 19.9. The minimum atomic E-state index is -0.954. The van der Waals surface area contributed by atoms with E-state index in [0.717, 1.165) is 12.8 Å². The SMILES string of the molecule is CCCCCCCCC=CC(=O)O.OCC(O)CO.OCC(O)CO. The minimum absolute atomic E-state index is 0.365. The van der Waals surface area contributed by atoms with Gasteiger partial charge in [0.2, 0.25) is 0 Å². The fourth-order valence-corrected chi connectivity index (χ4v) is 1.34. The smallest absolute Gasteiger partial charge is 0.327 e. The number of aliphatic carboxylic acids is 1. The van der Waals surface area contributed by atoms with Crippen molar-refractivity contribution in [1.82, 2.24) is 0 Å². The van der Waals surface area contributed by atoms with Crippen LogP contribution in [0.4, 0.5) is 0 Å². The molecular weight excluding hydrogens is 332 g/mol. The van der Waals surface area contributed by atoms with Crippen LogP contribution in [0.25, 0.3) is 0 Å². The molecule has 0 aromatic carbocycles. The first-order valence-corrected chi connectivity index (χ1v) is 8.58. The summed E-state index contributed by atoms with van der Waals surface area (Å²) in [5, 5.41) is 56.3. The van der Waals surface area contributed by atoms with Crippen LogP contribution in [-0.4, -0.2) is 80.4 Å². The molecule has 0 bridgehead atoms. The zero-order valence-corrected chi connectivity index (χ0v) is 15.1. The van der Waals surface area contributed by atoms with Gasteiger partial charge in [-0.1, -0.05) is 45.1 Å². The maximum atomic E-state index is 10.1. The van der Waals surface area contributed by atoms with E-state index in [-0.39, 0.29) is 26.4 Å². The van der Waals surface area contributed by atoms with Gasteiger partial charge in [0.1, 0.15) is 12.2 Å². The van der Waals surface area contributed by atoms with Gasteiger partial charge >= 0.3 is 5.97 Å². The molecule has 8 nitrogen and oxygen atoms in total. The van der Waals surface area contributed by atoms with Crippen molar-refractivity contribution in [2.45, 2.75) is 64.1 Å². The van der Waals surface area contributed by atoms with E-state index in [2.05, 4.69) is 6.92 Å². The van der Waals surface area contributed by atoms with Gasteiger partial charge in [0, 0.05) is 6.08 Å². The number of rotatable bonds is 12. The van der Waals surface area contributed by atoms with E-state index >= 15 is 0 Å². The molecule has 0 aliphatic heterocycles. The second kappa shape index (κ2) is 25.2. The Balaban J connectivity index is -0.000000336. The number of hydrogen-bond acceptors (Lipinski definition) is 7. The summed E-state index contributed by atoms with van der Waals surface area (Å²) in [4.78, 5) is 10.1. The largest absolute Gasteiger partial charge is 0.478 e. The number of allylic oxidation sites excluding steroid dienone is 1. The Morgan fingerprint density at radius 3 is 1.52 bits per heavy atom. The highest BCUT2D eigenvalue weighted by molar-refractivity contribution is 5.79. The van der Waals surface area contributed by atoms with Crippen LogP contribution < -0.4 is 0 Å². The lowest BCUT2D eigenvalue weighted by Crippen LogP contribution is -2.15. The van der Waals surface area contributed by atoms with E-state index in [1.54, 1.807) is 6.08 Å². The van der Waals surface area contributed by atoms with Crippen LogP contribution in [0.2, 0.25) is 0 Å². The monoisotopic (exact) mass is 368 g/mol. The molecule has 152 valence electrons. The van der Waals surface area contributed by atoms with Gasteiger partial charge in [0.05, 0.1) is 26.4 Å². The van der Waals surface area contributed by atoms with E-state index in [1.165, 1.54) is 38.2 Å². The van der Waals surface area contributed by atoms with Gasteiger partial charge in [-0.25, -0.2) is 4.79 Å². The summed E-state index contributed by atoms with van der Waals surface area (Å²) in [5.74, 6) is -0.842. The number of aliphatic hydroxyl groups excluding tert-OH is 6. The van der Waals surface area contributed by atoms with Crippen LogP contribution in [0.5, 0.6) is 0 Å². The van der Waals surface area contributed by atoms with Crippen LogP contribution >= 0.6 is 0 Å². The number of carbonyl (C=O) groups is 1. The zero-order valence-electron chi connectivity index (χ0n) is 15.1. The summed E-state index contributed by atoms with van der Waals surface area (Å²) in [7, 11) is 0. The molecule has 8 heteroatoms. The van der Waals surface area contributed by atoms with Crippen LogP contribution in [0.1, 0.15) is 51.9 Å². The lowest BCUT2D eigenvalue weighted by molar-refractivity contribution is -0.131. The van der Waals surface area contributed by atoms with Crippen LogP contribution in [-0.2, 0) is 4.79 Å². The molecule has 25 heavy (non-hydrogen) atoms. The topological polar surface area (TPSA) is 159 Å². The predicted molar refractivity (Wildman–Crippen MR) is 95.1 cm³/mol. The molecule has 0 spiro atoms. The van der Waals surface area contributed by atoms with Crippen molar-refractivity contribution in [3.63, 3.8) is 0 Å². The molecule has 0 aromatic rings. The first-order valence-electron chi connectivity index (χ1n) is 8.58. The van der Waals surface area contributed by atoms with E-state index in [9.17, 15) is 4.79 Å². The third-order valence-electron chi connectivity index (χ3n) is 2.83. The minimum Gasteiger partial charge on any atom is -0.478 e. The van der Waals surface area contributed by atoms with Crippen molar-refractivity contribution >= 4 is 5.97 Å². The Morgan fingerprint density at radius 1 is 0.800 bits per heavy atom. The van der Waals surface area contributed by atoms with Crippen LogP contribution in [0.3, 0.4) is 0 Å². The molecule has 0 aliphatic rings. The lowest BCUT2D eigenvalue weighted by atomic mass is 10.1. The average molecular weight is 368 g/mol. The number of aliphatic hydroxyl groups is 6. The van der Waals surface area contributed by atoms with Crippen LogP contribution in [0.15, 0.2) is 12.2 Å². The lowest BCUT2D eigenvalue weighted by Gasteiger charge is -1.96. The highest BCUT2D eigenvalue weighted by Gasteiger charge is 1.94. The molecule has 0 radical (unpaired) electrons. The van der Waals surface area contributed by atoms with Gasteiger partial charge in [-0.3, -0.25) is 0 Å². The Bertz CT molecular complexity index is 266. The van der Waals surface area contributed by atoms with E-state index in [4.69, 9.17) is 35.7 Å². The molecule has 0 saturated carbocycles. The summed E-state index contributed by atoms with van der Waals surface area (Å²) < 4.78 is 0. The van der Waals surface area contributed by atoms with Crippen molar-refractivity contribution in [1.29, 1.82) is 0 Å². The normalized spacial score (nSPS) is 10.4. The molecule has 0 atom stereocenters. The van der Waals surface area contributed by atoms with Crippen molar-refractivity contribution in [3.8, 4) is 0 Å². The quantitative estimate of drug-likeness (QED) is 0.188. The van der Waals surface area contributed by atoms with Crippen molar-refractivity contribution in [2.75, 3.05) is 26.4 Å². The molecule has 7 N–H and O–H groups in total. The third-order valence-corrected chi connectivity index (χ3v) is 2.83. The maximum Gasteiger partial charge on any atom is 0.327 e. The Morgan fingerprint density at radius 2 is 1.20 bits per heavy atom. The van der Waals surface area contributed by atoms with E-state index in [0.29, 0.717) is 0 Å². The molecule has 0 rings (SSSR count). The highest BCUT2D eigenvalue weighted by Crippen LogP contribution is 2.06. The molecule has 0 aromatic heterocycles. The van der Waals surface area contributed by atoms with Gasteiger partial charge in [-0.05, 0) is 12.8 Å². The Kier molecular flexibility index (Phi) is 29.0. The summed E-state index contributed by atoms with van der Waals surface area (Å²) in [6, 6.07) is 0. The summed E-state index contributed by atoms with van der Waals surface area (Å²) in [6.07, 6.45) is 9.51. The van der Waals surface area contributed by atoms with E-state index in [1.807, 2.05) is 0 Å². The first kappa shape index (κ1) is 28.8. The predicted octanol–water partition coefficient (Wildman–Crippen LogP) is 0.0416. The molecule has 0 saturated heterocycles. The molecule has 0 unspecified atom stereocenters. The van der Waals surface area contributed by atoms with Crippen molar-refractivity contribution < 1.29 is 40.5 Å². The molecule has 0 aliphatic carbocycles. The number of carboxylic acid groups (broad SMARTS) is 1. The van der Waals surface area contributed by atoms with E-state index < -0.39 is 18.2 Å². The third kappa shape index (κ3) is 35.1. The van der Waals surface area contributed by atoms with Crippen molar-refractivity contribution in [2.24, 2.45) is 0 Å². The van der Waals surface area contributed by atoms with Crippen molar-refractivity contribution in [3.05, 3.63) is 12.2 Å². The Labute approximate surface area is 150 Å². The Hall–Kier alpha value is -1.03. The van der Waals surface area contributed by atoms with Gasteiger partial charge in [0.25, 0.3) is 0 Å².